The number of aromatic amines is 1. The number of carbonyl (C=O) groups excluding carboxylic acids is 1. The maximum atomic E-state index is 12.4. The molecule has 4 heteroatoms. The number of H-pyrrole nitrogens is 1. The SMILES string of the molecule is Cc1ccc(C(=O)N2CC3CC=CCC3C2)c(=O)[nH]1. The predicted molar refractivity (Wildman–Crippen MR) is 73.1 cm³/mol. The number of pyridine rings is 1. The number of rotatable bonds is 1. The van der Waals surface area contributed by atoms with Gasteiger partial charge in [-0.2, -0.15) is 0 Å². The van der Waals surface area contributed by atoms with E-state index < -0.39 is 0 Å². The molecule has 2 unspecified atom stereocenters. The molecule has 19 heavy (non-hydrogen) atoms. The molecule has 1 N–H and O–H groups in total. The van der Waals surface area contributed by atoms with Gasteiger partial charge in [0, 0.05) is 18.8 Å². The molecule has 0 spiro atoms. The average molecular weight is 258 g/mol. The van der Waals surface area contributed by atoms with Gasteiger partial charge in [-0.1, -0.05) is 12.2 Å². The van der Waals surface area contributed by atoms with Gasteiger partial charge in [0.15, 0.2) is 0 Å². The number of likely N-dealkylation sites (tertiary alicyclic amines) is 1. The molecule has 0 bridgehead atoms. The molecule has 2 atom stereocenters. The summed E-state index contributed by atoms with van der Waals surface area (Å²) in [7, 11) is 0. The van der Waals surface area contributed by atoms with E-state index in [0.29, 0.717) is 11.8 Å². The zero-order valence-corrected chi connectivity index (χ0v) is 11.1. The summed E-state index contributed by atoms with van der Waals surface area (Å²) < 4.78 is 0. The molecule has 100 valence electrons. The van der Waals surface area contributed by atoms with Crippen molar-refractivity contribution in [2.45, 2.75) is 19.8 Å². The highest BCUT2D eigenvalue weighted by atomic mass is 16.2. The number of aromatic nitrogens is 1. The predicted octanol–water partition coefficient (Wildman–Crippen LogP) is 1.72. The van der Waals surface area contributed by atoms with Gasteiger partial charge in [-0.15, -0.1) is 0 Å². The maximum absolute atomic E-state index is 12.4. The summed E-state index contributed by atoms with van der Waals surface area (Å²) in [6.07, 6.45) is 6.51. The monoisotopic (exact) mass is 258 g/mol. The maximum Gasteiger partial charge on any atom is 0.260 e. The molecule has 1 fully saturated rings. The van der Waals surface area contributed by atoms with Crippen LogP contribution >= 0.6 is 0 Å². The second kappa shape index (κ2) is 4.68. The fourth-order valence-electron chi connectivity index (χ4n) is 3.09. The molecule has 0 aromatic carbocycles. The van der Waals surface area contributed by atoms with Gasteiger partial charge >= 0.3 is 0 Å². The van der Waals surface area contributed by atoms with Crippen LogP contribution in [0.5, 0.6) is 0 Å². The summed E-state index contributed by atoms with van der Waals surface area (Å²) in [5, 5.41) is 0. The van der Waals surface area contributed by atoms with Crippen LogP contribution in [-0.2, 0) is 0 Å². The molecule has 1 aliphatic carbocycles. The Morgan fingerprint density at radius 2 is 1.84 bits per heavy atom. The molecule has 0 radical (unpaired) electrons. The summed E-state index contributed by atoms with van der Waals surface area (Å²) in [5.41, 5.74) is 0.760. The lowest BCUT2D eigenvalue weighted by atomic mass is 9.86. The van der Waals surface area contributed by atoms with Crippen molar-refractivity contribution in [3.8, 4) is 0 Å². The van der Waals surface area contributed by atoms with E-state index in [9.17, 15) is 9.59 Å². The molecule has 3 rings (SSSR count). The number of amides is 1. The first-order valence-electron chi connectivity index (χ1n) is 6.79. The van der Waals surface area contributed by atoms with Crippen LogP contribution in [-0.4, -0.2) is 28.9 Å². The van der Waals surface area contributed by atoms with Gasteiger partial charge < -0.3 is 9.88 Å². The van der Waals surface area contributed by atoms with Crippen LogP contribution in [0, 0.1) is 18.8 Å². The zero-order chi connectivity index (χ0) is 13.4. The molecule has 2 aliphatic rings. The number of nitrogens with one attached hydrogen (secondary N) is 1. The highest BCUT2D eigenvalue weighted by Gasteiger charge is 2.35. The lowest BCUT2D eigenvalue weighted by molar-refractivity contribution is 0.0782. The van der Waals surface area contributed by atoms with Gasteiger partial charge in [-0.05, 0) is 43.7 Å². The van der Waals surface area contributed by atoms with E-state index in [4.69, 9.17) is 0 Å². The Labute approximate surface area is 112 Å². The van der Waals surface area contributed by atoms with Crippen molar-refractivity contribution in [2.24, 2.45) is 11.8 Å². The zero-order valence-electron chi connectivity index (χ0n) is 11.1. The summed E-state index contributed by atoms with van der Waals surface area (Å²) >= 11 is 0. The summed E-state index contributed by atoms with van der Waals surface area (Å²) in [5.74, 6) is 1.01. The normalized spacial score (nSPS) is 25.4. The second-order valence-electron chi connectivity index (χ2n) is 5.56. The standard InChI is InChI=1S/C15H18N2O2/c1-10-6-7-13(14(18)16-10)15(19)17-8-11-4-2-3-5-12(11)9-17/h2-3,6-7,11-12H,4-5,8-9H2,1H3,(H,16,18). The molecule has 1 aliphatic heterocycles. The van der Waals surface area contributed by atoms with Crippen LogP contribution in [0.15, 0.2) is 29.1 Å². The first kappa shape index (κ1) is 12.2. The Morgan fingerprint density at radius 1 is 1.21 bits per heavy atom. The summed E-state index contributed by atoms with van der Waals surface area (Å²) in [6, 6.07) is 3.41. The van der Waals surface area contributed by atoms with E-state index in [-0.39, 0.29) is 17.0 Å². The number of allylic oxidation sites excluding steroid dienone is 2. The number of nitrogens with zero attached hydrogens (tertiary/aromatic N) is 1. The fourth-order valence-corrected chi connectivity index (χ4v) is 3.09. The van der Waals surface area contributed by atoms with Crippen LogP contribution < -0.4 is 5.56 Å². The first-order valence-corrected chi connectivity index (χ1v) is 6.79. The van der Waals surface area contributed by atoms with E-state index in [1.54, 1.807) is 12.1 Å². The van der Waals surface area contributed by atoms with Crippen molar-refractivity contribution in [3.05, 3.63) is 45.9 Å². The van der Waals surface area contributed by atoms with Gasteiger partial charge in [-0.3, -0.25) is 9.59 Å². The number of carbonyl (C=O) groups is 1. The van der Waals surface area contributed by atoms with Crippen molar-refractivity contribution >= 4 is 5.91 Å². The number of hydrogen-bond acceptors (Lipinski definition) is 2. The van der Waals surface area contributed by atoms with Crippen molar-refractivity contribution in [1.29, 1.82) is 0 Å². The molecule has 0 saturated carbocycles. The van der Waals surface area contributed by atoms with Crippen LogP contribution in [0.4, 0.5) is 0 Å². The third-order valence-electron chi connectivity index (χ3n) is 4.19. The van der Waals surface area contributed by atoms with Gasteiger partial charge in [0.1, 0.15) is 5.56 Å². The molecule has 2 heterocycles. The highest BCUT2D eigenvalue weighted by molar-refractivity contribution is 5.94. The van der Waals surface area contributed by atoms with E-state index in [2.05, 4.69) is 17.1 Å². The topological polar surface area (TPSA) is 53.2 Å². The minimum absolute atomic E-state index is 0.129. The van der Waals surface area contributed by atoms with Crippen LogP contribution in [0.1, 0.15) is 28.9 Å². The highest BCUT2D eigenvalue weighted by Crippen LogP contribution is 2.33. The second-order valence-corrected chi connectivity index (χ2v) is 5.56. The van der Waals surface area contributed by atoms with E-state index in [1.807, 2.05) is 11.8 Å². The fraction of sp³-hybridized carbons (Fsp3) is 0.467. The van der Waals surface area contributed by atoms with Gasteiger partial charge in [-0.25, -0.2) is 0 Å². The Kier molecular flexibility index (Phi) is 3.01. The molecule has 1 aromatic heterocycles. The Hall–Kier alpha value is -1.84. The Balaban J connectivity index is 1.80. The van der Waals surface area contributed by atoms with Crippen LogP contribution in [0.25, 0.3) is 0 Å². The van der Waals surface area contributed by atoms with Crippen molar-refractivity contribution in [2.75, 3.05) is 13.1 Å². The Bertz CT molecular complexity index is 572. The third kappa shape index (κ3) is 2.23. The van der Waals surface area contributed by atoms with Crippen molar-refractivity contribution in [3.63, 3.8) is 0 Å². The third-order valence-corrected chi connectivity index (χ3v) is 4.19. The number of hydrogen-bond donors (Lipinski definition) is 1. The summed E-state index contributed by atoms with van der Waals surface area (Å²) in [6.45, 7) is 3.37. The molecule has 1 amide bonds. The smallest absolute Gasteiger partial charge is 0.260 e. The van der Waals surface area contributed by atoms with Crippen LogP contribution in [0.3, 0.4) is 0 Å². The number of aryl methyl sites for hydroxylation is 1. The molecule has 1 aromatic rings. The van der Waals surface area contributed by atoms with E-state index >= 15 is 0 Å². The van der Waals surface area contributed by atoms with E-state index in [0.717, 1.165) is 31.6 Å². The lowest BCUT2D eigenvalue weighted by Gasteiger charge is -2.17. The van der Waals surface area contributed by atoms with Crippen LogP contribution in [0.2, 0.25) is 0 Å². The minimum atomic E-state index is -0.280. The molecular weight excluding hydrogens is 240 g/mol. The average Bonchev–Trinajstić information content (AvgIpc) is 2.81. The molecule has 1 saturated heterocycles. The minimum Gasteiger partial charge on any atom is -0.338 e. The van der Waals surface area contributed by atoms with Crippen molar-refractivity contribution in [1.82, 2.24) is 9.88 Å². The largest absolute Gasteiger partial charge is 0.338 e. The molecule has 4 nitrogen and oxygen atoms in total. The lowest BCUT2D eigenvalue weighted by Crippen LogP contribution is -2.33. The van der Waals surface area contributed by atoms with Gasteiger partial charge in [0.2, 0.25) is 0 Å². The van der Waals surface area contributed by atoms with Gasteiger partial charge in [0.25, 0.3) is 11.5 Å². The van der Waals surface area contributed by atoms with Crippen molar-refractivity contribution < 1.29 is 4.79 Å². The number of fused-ring (bicyclic) bond motifs is 1. The van der Waals surface area contributed by atoms with Gasteiger partial charge in [0.05, 0.1) is 0 Å². The Morgan fingerprint density at radius 3 is 2.42 bits per heavy atom. The quantitative estimate of drug-likeness (QED) is 0.780. The summed E-state index contributed by atoms with van der Waals surface area (Å²) in [4.78, 5) is 28.8. The van der Waals surface area contributed by atoms with E-state index in [1.165, 1.54) is 0 Å². The first-order chi connectivity index (χ1) is 9.15. The molecular formula is C15H18N2O2.